The van der Waals surface area contributed by atoms with Crippen LogP contribution in [-0.4, -0.2) is 9.78 Å². The lowest BCUT2D eigenvalue weighted by molar-refractivity contribution is 0.139. The van der Waals surface area contributed by atoms with Gasteiger partial charge in [0.05, 0.1) is 0 Å². The van der Waals surface area contributed by atoms with Gasteiger partial charge in [-0.05, 0) is 18.8 Å². The van der Waals surface area contributed by atoms with Crippen LogP contribution >= 0.6 is 0 Å². The number of aromatic nitrogens is 2. The van der Waals surface area contributed by atoms with Crippen LogP contribution in [-0.2, 0) is 7.05 Å². The second-order valence-corrected chi connectivity index (χ2v) is 3.68. The average Bonchev–Trinajstić information content (AvgIpc) is 2.88. The lowest BCUT2D eigenvalue weighted by Gasteiger charge is -2.04. The van der Waals surface area contributed by atoms with Crippen LogP contribution in [0.1, 0.15) is 48.6 Å². The van der Waals surface area contributed by atoms with Gasteiger partial charge in [0.25, 0.3) is 12.9 Å². The molecule has 0 spiro atoms. The first kappa shape index (κ1) is 10.4. The molecule has 0 aromatic carbocycles. The number of aryl methyl sites for hydroxylation is 1. The fourth-order valence-corrected chi connectivity index (χ4v) is 1.79. The van der Waals surface area contributed by atoms with Crippen molar-refractivity contribution in [3.63, 3.8) is 0 Å². The monoisotopic (exact) mass is 222 g/mol. The van der Waals surface area contributed by atoms with E-state index in [1.165, 1.54) is 7.05 Å². The van der Waals surface area contributed by atoms with Crippen molar-refractivity contribution in [3.05, 3.63) is 17.0 Å². The molecule has 0 N–H and O–H groups in total. The normalized spacial score (nSPS) is 16.7. The van der Waals surface area contributed by atoms with Crippen molar-refractivity contribution in [2.24, 2.45) is 7.05 Å². The molecule has 1 fully saturated rings. The number of halogens is 4. The molecule has 0 radical (unpaired) electrons. The van der Waals surface area contributed by atoms with Crippen molar-refractivity contribution in [1.82, 2.24) is 9.78 Å². The van der Waals surface area contributed by atoms with Gasteiger partial charge < -0.3 is 0 Å². The predicted molar refractivity (Wildman–Crippen MR) is 45.1 cm³/mol. The van der Waals surface area contributed by atoms with Crippen molar-refractivity contribution < 1.29 is 17.6 Å². The fourth-order valence-electron chi connectivity index (χ4n) is 1.79. The molecule has 2 nitrogen and oxygen atoms in total. The molecule has 1 aliphatic rings. The highest BCUT2D eigenvalue weighted by Gasteiger charge is 2.37. The topological polar surface area (TPSA) is 17.8 Å². The Morgan fingerprint density at radius 2 is 1.80 bits per heavy atom. The summed E-state index contributed by atoms with van der Waals surface area (Å²) in [6.07, 6.45) is -4.12. The Morgan fingerprint density at radius 3 is 2.20 bits per heavy atom. The number of alkyl halides is 4. The summed E-state index contributed by atoms with van der Waals surface area (Å²) < 4.78 is 51.3. The van der Waals surface area contributed by atoms with Crippen LogP contribution in [0.15, 0.2) is 0 Å². The number of hydrogen-bond acceptors (Lipinski definition) is 1. The molecule has 0 amide bonds. The SMILES string of the molecule is Cn1nc(C(F)F)c(C2CC2)c1C(F)F. The minimum absolute atomic E-state index is 0.0718. The van der Waals surface area contributed by atoms with Gasteiger partial charge in [0, 0.05) is 12.6 Å². The van der Waals surface area contributed by atoms with E-state index < -0.39 is 18.5 Å². The van der Waals surface area contributed by atoms with E-state index in [9.17, 15) is 17.6 Å². The second-order valence-electron chi connectivity index (χ2n) is 3.68. The molecule has 1 heterocycles. The third-order valence-electron chi connectivity index (χ3n) is 2.56. The molecular weight excluding hydrogens is 212 g/mol. The zero-order valence-electron chi connectivity index (χ0n) is 8.05. The van der Waals surface area contributed by atoms with Crippen LogP contribution < -0.4 is 0 Å². The van der Waals surface area contributed by atoms with Gasteiger partial charge in [0.2, 0.25) is 0 Å². The number of hydrogen-bond donors (Lipinski definition) is 0. The summed E-state index contributed by atoms with van der Waals surface area (Å²) in [4.78, 5) is 0. The van der Waals surface area contributed by atoms with Crippen molar-refractivity contribution in [1.29, 1.82) is 0 Å². The highest BCUT2D eigenvalue weighted by molar-refractivity contribution is 5.35. The van der Waals surface area contributed by atoms with Gasteiger partial charge in [0.15, 0.2) is 0 Å². The lowest BCUT2D eigenvalue weighted by Crippen LogP contribution is -2.00. The smallest absolute Gasteiger partial charge is 0.266 e. The fraction of sp³-hybridized carbons (Fsp3) is 0.667. The highest BCUT2D eigenvalue weighted by atomic mass is 19.3. The first-order chi connectivity index (χ1) is 7.02. The molecule has 0 bridgehead atoms. The van der Waals surface area contributed by atoms with Gasteiger partial charge in [-0.1, -0.05) is 0 Å². The van der Waals surface area contributed by atoms with Gasteiger partial charge in [-0.15, -0.1) is 0 Å². The summed E-state index contributed by atoms with van der Waals surface area (Å²) in [6, 6.07) is 0. The molecular formula is C9H10F4N2. The minimum atomic E-state index is -2.78. The van der Waals surface area contributed by atoms with Gasteiger partial charge in [-0.2, -0.15) is 5.10 Å². The zero-order valence-corrected chi connectivity index (χ0v) is 8.05. The molecule has 84 valence electrons. The van der Waals surface area contributed by atoms with E-state index in [0.717, 1.165) is 4.68 Å². The molecule has 15 heavy (non-hydrogen) atoms. The Bertz CT molecular complexity index is 368. The largest absolute Gasteiger partial charge is 0.282 e. The summed E-state index contributed by atoms with van der Waals surface area (Å²) in [5, 5.41) is 3.48. The maximum atomic E-state index is 12.6. The van der Waals surface area contributed by atoms with E-state index in [1.54, 1.807) is 0 Å². The highest BCUT2D eigenvalue weighted by Crippen LogP contribution is 2.47. The number of rotatable bonds is 3. The first-order valence-corrected chi connectivity index (χ1v) is 4.65. The van der Waals surface area contributed by atoms with Crippen LogP contribution in [0.2, 0.25) is 0 Å². The van der Waals surface area contributed by atoms with Gasteiger partial charge in [0.1, 0.15) is 11.4 Å². The van der Waals surface area contributed by atoms with Crippen LogP contribution in [0.3, 0.4) is 0 Å². The lowest BCUT2D eigenvalue weighted by atomic mass is 10.1. The molecule has 1 aromatic rings. The summed E-state index contributed by atoms with van der Waals surface area (Å²) in [6.45, 7) is 0. The minimum Gasteiger partial charge on any atom is -0.266 e. The summed E-state index contributed by atoms with van der Waals surface area (Å²) >= 11 is 0. The third kappa shape index (κ3) is 1.72. The molecule has 1 saturated carbocycles. The van der Waals surface area contributed by atoms with Crippen LogP contribution in [0.25, 0.3) is 0 Å². The predicted octanol–water partition coefficient (Wildman–Crippen LogP) is 3.17. The van der Waals surface area contributed by atoms with Crippen LogP contribution in [0.5, 0.6) is 0 Å². The molecule has 6 heteroatoms. The van der Waals surface area contributed by atoms with E-state index in [1.807, 2.05) is 0 Å². The maximum Gasteiger partial charge on any atom is 0.282 e. The second kappa shape index (κ2) is 3.50. The molecule has 0 saturated heterocycles. The Balaban J connectivity index is 2.52. The van der Waals surface area contributed by atoms with E-state index in [-0.39, 0.29) is 17.2 Å². The van der Waals surface area contributed by atoms with E-state index in [2.05, 4.69) is 5.10 Å². The number of nitrogens with zero attached hydrogens (tertiary/aromatic N) is 2. The Hall–Kier alpha value is -1.07. The molecule has 0 aliphatic heterocycles. The average molecular weight is 222 g/mol. The quantitative estimate of drug-likeness (QED) is 0.718. The van der Waals surface area contributed by atoms with Crippen LogP contribution in [0.4, 0.5) is 17.6 Å². The molecule has 1 aliphatic carbocycles. The van der Waals surface area contributed by atoms with Gasteiger partial charge >= 0.3 is 0 Å². The van der Waals surface area contributed by atoms with Crippen molar-refractivity contribution in [3.8, 4) is 0 Å². The maximum absolute atomic E-state index is 12.6. The summed E-state index contributed by atoms with van der Waals surface area (Å²) in [7, 11) is 1.28. The summed E-state index contributed by atoms with van der Waals surface area (Å²) in [5.41, 5.74) is -0.759. The van der Waals surface area contributed by atoms with E-state index in [4.69, 9.17) is 0 Å². The van der Waals surface area contributed by atoms with Crippen molar-refractivity contribution in [2.45, 2.75) is 31.6 Å². The Labute approximate surface area is 83.9 Å². The third-order valence-corrected chi connectivity index (χ3v) is 2.56. The molecule has 2 rings (SSSR count). The molecule has 0 unspecified atom stereocenters. The molecule has 0 atom stereocenters. The van der Waals surface area contributed by atoms with Crippen LogP contribution in [0, 0.1) is 0 Å². The van der Waals surface area contributed by atoms with Gasteiger partial charge in [-0.25, -0.2) is 17.6 Å². The molecule has 1 aromatic heterocycles. The van der Waals surface area contributed by atoms with E-state index >= 15 is 0 Å². The van der Waals surface area contributed by atoms with Crippen molar-refractivity contribution >= 4 is 0 Å². The Kier molecular flexibility index (Phi) is 2.44. The Morgan fingerprint density at radius 1 is 1.20 bits per heavy atom. The van der Waals surface area contributed by atoms with Gasteiger partial charge in [-0.3, -0.25) is 4.68 Å². The summed E-state index contributed by atoms with van der Waals surface area (Å²) in [5.74, 6) is -0.147. The van der Waals surface area contributed by atoms with E-state index in [0.29, 0.717) is 12.8 Å². The zero-order chi connectivity index (χ0) is 11.2. The van der Waals surface area contributed by atoms with Crippen molar-refractivity contribution in [2.75, 3.05) is 0 Å². The first-order valence-electron chi connectivity index (χ1n) is 4.65. The standard InChI is InChI=1S/C9H10F4N2/c1-15-7(9(12)13)5(4-2-3-4)6(14-15)8(10)11/h4,8-9H,2-3H2,1H3.